The van der Waals surface area contributed by atoms with Crippen molar-refractivity contribution in [1.82, 2.24) is 4.90 Å². The molecule has 0 N–H and O–H groups in total. The Morgan fingerprint density at radius 1 is 0.826 bits per heavy atom. The molecule has 2 aromatic carbocycles. The van der Waals surface area contributed by atoms with Gasteiger partial charge >= 0.3 is 5.69 Å². The van der Waals surface area contributed by atoms with E-state index in [-0.39, 0.29) is 16.7 Å². The van der Waals surface area contributed by atoms with Crippen molar-refractivity contribution >= 4 is 17.3 Å². The molecule has 1 aliphatic rings. The van der Waals surface area contributed by atoms with Crippen LogP contribution in [0.25, 0.3) is 4.98 Å². The van der Waals surface area contributed by atoms with Gasteiger partial charge in [0.2, 0.25) is 11.1 Å². The number of rotatable bonds is 17. The Bertz CT molecular complexity index is 1320. The lowest BCUT2D eigenvalue weighted by Crippen LogP contribution is -2.52. The summed E-state index contributed by atoms with van der Waals surface area (Å²) in [4.78, 5) is 21.5. The van der Waals surface area contributed by atoms with E-state index in [1.165, 1.54) is 5.56 Å². The minimum absolute atomic E-state index is 0.0257. The second-order valence-electron chi connectivity index (χ2n) is 13.8. The first kappa shape index (κ1) is 37.0. The molecule has 3 rings (SSSR count). The fourth-order valence-corrected chi connectivity index (χ4v) is 5.56. The fraction of sp³-hybridized carbons (Fsp3) is 0.658. The van der Waals surface area contributed by atoms with E-state index in [9.17, 15) is 10.2 Å². The van der Waals surface area contributed by atoms with E-state index < -0.39 is 6.10 Å². The quantitative estimate of drug-likeness (QED) is 0.127. The van der Waals surface area contributed by atoms with Crippen molar-refractivity contribution in [3.05, 3.63) is 46.4 Å². The summed E-state index contributed by atoms with van der Waals surface area (Å²) in [6, 6.07) is 10.2. The minimum atomic E-state index is -0.556. The molecule has 46 heavy (non-hydrogen) atoms. The molecule has 0 radical (unpaired) electrons. The fourth-order valence-electron chi connectivity index (χ4n) is 5.56. The summed E-state index contributed by atoms with van der Waals surface area (Å²) in [5.74, 6) is 2.03. The number of carbonyl (C=O) groups excluding carboxylic acids is 1. The lowest BCUT2D eigenvalue weighted by Gasteiger charge is -2.38. The van der Waals surface area contributed by atoms with Crippen molar-refractivity contribution in [1.29, 1.82) is 5.39 Å². The molecule has 0 aliphatic carbocycles. The molecular weight excluding hydrogens is 576 g/mol. The van der Waals surface area contributed by atoms with E-state index in [2.05, 4.69) is 83.5 Å². The smallest absolute Gasteiger partial charge is 0.430 e. The van der Waals surface area contributed by atoms with E-state index in [1.807, 2.05) is 17.9 Å². The van der Waals surface area contributed by atoms with Gasteiger partial charge in [0.1, 0.15) is 5.75 Å². The Morgan fingerprint density at radius 3 is 1.98 bits per heavy atom. The molecule has 0 spiro atoms. The van der Waals surface area contributed by atoms with Crippen LogP contribution in [0, 0.1) is 5.39 Å². The third-order valence-corrected chi connectivity index (χ3v) is 9.76. The highest BCUT2D eigenvalue weighted by Gasteiger charge is 2.33. The average molecular weight is 636 g/mol. The minimum Gasteiger partial charge on any atom is -0.491 e. The molecule has 0 aromatic heterocycles. The van der Waals surface area contributed by atoms with Crippen LogP contribution < -0.4 is 19.1 Å². The first-order valence-corrected chi connectivity index (χ1v) is 17.6. The van der Waals surface area contributed by atoms with Gasteiger partial charge in [0.25, 0.3) is 5.91 Å². The number of unbranched alkanes of at least 4 members (excludes halogenated alkanes) is 2. The van der Waals surface area contributed by atoms with Crippen molar-refractivity contribution in [2.24, 2.45) is 0 Å². The number of anilines is 1. The molecule has 1 heterocycles. The molecule has 8 nitrogen and oxygen atoms in total. The Morgan fingerprint density at radius 2 is 1.43 bits per heavy atom. The Kier molecular flexibility index (Phi) is 13.6. The summed E-state index contributed by atoms with van der Waals surface area (Å²) in [5, 5.41) is 9.71. The lowest BCUT2D eigenvalue weighted by atomic mass is 9.76. The van der Waals surface area contributed by atoms with Crippen LogP contribution in [-0.2, 0) is 15.6 Å². The predicted molar refractivity (Wildman–Crippen MR) is 189 cm³/mol. The van der Waals surface area contributed by atoms with E-state index in [4.69, 9.17) is 14.2 Å². The largest absolute Gasteiger partial charge is 0.491 e. The molecule has 1 unspecified atom stereocenters. The van der Waals surface area contributed by atoms with E-state index >= 15 is 0 Å². The number of benzene rings is 2. The maximum absolute atomic E-state index is 13.9. The van der Waals surface area contributed by atoms with E-state index in [0.29, 0.717) is 63.0 Å². The first-order chi connectivity index (χ1) is 22.0. The average Bonchev–Trinajstić information content (AvgIpc) is 3.07. The maximum atomic E-state index is 13.9. The second kappa shape index (κ2) is 16.9. The molecule has 0 saturated carbocycles. The SMILES string of the molecule is CCCCOc1cc(N2CCN(C(=O)C(CC)Oc3ccc(C(C)(C)CC)cc3C(C)(C)CC)CC2)c(OCCCC)cc1[N+]#N. The standard InChI is InChI=1S/C38H59N4O4/c1-10-15-23-44-34-27-31(35(26-30(34)40-39)45-24-16-11-2)41-19-21-42(22-20-41)36(43)32(12-3)46-33-18-17-28(37(6,7)13-4)25-29(33)38(8,9)14-5/h17-18,25-27,32H,10-16,19-24H2,1-9H3/q+1. The number of hydrogen-bond donors (Lipinski definition) is 0. The van der Waals surface area contributed by atoms with Crippen LogP contribution in [0.15, 0.2) is 30.3 Å². The van der Waals surface area contributed by atoms with Crippen LogP contribution in [0.1, 0.15) is 118 Å². The number of piperazine rings is 1. The van der Waals surface area contributed by atoms with Crippen LogP contribution in [0.3, 0.4) is 0 Å². The van der Waals surface area contributed by atoms with Gasteiger partial charge in [-0.25, -0.2) is 0 Å². The number of ether oxygens (including phenoxy) is 3. The summed E-state index contributed by atoms with van der Waals surface area (Å²) in [5.41, 5.74) is 3.69. The number of hydrogen-bond acceptors (Lipinski definition) is 6. The van der Waals surface area contributed by atoms with E-state index in [0.717, 1.165) is 55.5 Å². The van der Waals surface area contributed by atoms with Gasteiger partial charge in [-0.3, -0.25) is 4.79 Å². The van der Waals surface area contributed by atoms with Crippen LogP contribution in [0.4, 0.5) is 11.4 Å². The monoisotopic (exact) mass is 635 g/mol. The third-order valence-electron chi connectivity index (χ3n) is 9.76. The second-order valence-corrected chi connectivity index (χ2v) is 13.8. The molecule has 1 aliphatic heterocycles. The van der Waals surface area contributed by atoms with Crippen molar-refractivity contribution in [2.45, 2.75) is 124 Å². The van der Waals surface area contributed by atoms with Gasteiger partial charge in [0.15, 0.2) is 16.8 Å². The zero-order chi connectivity index (χ0) is 33.9. The number of diazo groups is 1. The van der Waals surface area contributed by atoms with Crippen LogP contribution in [-0.4, -0.2) is 56.3 Å². The summed E-state index contributed by atoms with van der Waals surface area (Å²) >= 11 is 0. The van der Waals surface area contributed by atoms with Gasteiger partial charge in [-0.15, -0.1) is 0 Å². The number of carbonyl (C=O) groups is 1. The Hall–Kier alpha value is -3.47. The van der Waals surface area contributed by atoms with Gasteiger partial charge in [-0.05, 0) is 54.6 Å². The molecule has 254 valence electrons. The summed E-state index contributed by atoms with van der Waals surface area (Å²) in [7, 11) is 0. The van der Waals surface area contributed by atoms with Crippen molar-refractivity contribution in [3.63, 3.8) is 0 Å². The Balaban J connectivity index is 1.81. The number of amides is 1. The third kappa shape index (κ3) is 9.08. The highest BCUT2D eigenvalue weighted by molar-refractivity contribution is 5.82. The first-order valence-electron chi connectivity index (χ1n) is 17.6. The van der Waals surface area contributed by atoms with Gasteiger partial charge in [-0.1, -0.05) is 87.3 Å². The van der Waals surface area contributed by atoms with Gasteiger partial charge in [-0.2, -0.15) is 0 Å². The summed E-state index contributed by atoms with van der Waals surface area (Å²) in [6.45, 7) is 23.3. The zero-order valence-electron chi connectivity index (χ0n) is 30.1. The highest BCUT2D eigenvalue weighted by atomic mass is 16.5. The number of nitrogens with zero attached hydrogens (tertiary/aromatic N) is 4. The molecule has 1 amide bonds. The van der Waals surface area contributed by atoms with Crippen LogP contribution in [0.5, 0.6) is 17.2 Å². The highest BCUT2D eigenvalue weighted by Crippen LogP contribution is 2.42. The molecule has 1 saturated heterocycles. The van der Waals surface area contributed by atoms with Gasteiger partial charge in [0.05, 0.1) is 25.0 Å². The molecule has 1 fully saturated rings. The molecule has 8 heteroatoms. The normalized spacial score (nSPS) is 14.5. The van der Waals surface area contributed by atoms with Gasteiger partial charge in [0, 0.05) is 37.8 Å². The lowest BCUT2D eigenvalue weighted by molar-refractivity contribution is -0.139. The molecule has 1 atom stereocenters. The van der Waals surface area contributed by atoms with Crippen molar-refractivity contribution in [2.75, 3.05) is 44.3 Å². The van der Waals surface area contributed by atoms with Crippen molar-refractivity contribution < 1.29 is 19.0 Å². The summed E-state index contributed by atoms with van der Waals surface area (Å²) in [6.07, 6.45) is 5.91. The zero-order valence-corrected chi connectivity index (χ0v) is 30.1. The molecule has 2 aromatic rings. The predicted octanol–water partition coefficient (Wildman–Crippen LogP) is 9.41. The van der Waals surface area contributed by atoms with Crippen molar-refractivity contribution in [3.8, 4) is 17.2 Å². The Labute approximate surface area is 278 Å². The van der Waals surface area contributed by atoms with E-state index in [1.54, 1.807) is 6.07 Å². The summed E-state index contributed by atoms with van der Waals surface area (Å²) < 4.78 is 18.8. The molecule has 0 bridgehead atoms. The molecular formula is C38H59N4O4+. The van der Waals surface area contributed by atoms with Gasteiger partial charge < -0.3 is 24.0 Å². The maximum Gasteiger partial charge on any atom is 0.430 e. The topological polar surface area (TPSA) is 79.4 Å². The van der Waals surface area contributed by atoms with Crippen LogP contribution in [0.2, 0.25) is 0 Å². The van der Waals surface area contributed by atoms with Crippen LogP contribution >= 0.6 is 0 Å².